The number of amides is 2. The van der Waals surface area contributed by atoms with Gasteiger partial charge in [0.15, 0.2) is 0 Å². The minimum atomic E-state index is -0.533. The number of nitro benzene ring substituents is 1. The average Bonchev–Trinajstić information content (AvgIpc) is 2.61. The monoisotopic (exact) mass is 369 g/mol. The zero-order chi connectivity index (χ0) is 20.1. The molecule has 0 aliphatic heterocycles. The highest BCUT2D eigenvalue weighted by Crippen LogP contribution is 2.19. The van der Waals surface area contributed by atoms with Crippen molar-refractivity contribution < 1.29 is 14.5 Å². The van der Waals surface area contributed by atoms with Gasteiger partial charge in [-0.15, -0.1) is 0 Å². The number of carbonyl (C=O) groups is 2. The van der Waals surface area contributed by atoms with Crippen LogP contribution in [-0.4, -0.2) is 35.2 Å². The molecule has 0 saturated heterocycles. The molecule has 0 aliphatic carbocycles. The van der Waals surface area contributed by atoms with Crippen LogP contribution < -0.4 is 5.32 Å². The highest BCUT2D eigenvalue weighted by Gasteiger charge is 2.17. The van der Waals surface area contributed by atoms with Crippen molar-refractivity contribution in [3.05, 3.63) is 74.3 Å². The summed E-state index contributed by atoms with van der Waals surface area (Å²) in [5.74, 6) is -0.767. The number of nitro groups is 1. The Bertz CT molecular complexity index is 893. The van der Waals surface area contributed by atoms with Gasteiger partial charge in [-0.05, 0) is 38.0 Å². The van der Waals surface area contributed by atoms with E-state index in [0.29, 0.717) is 12.1 Å². The third kappa shape index (κ3) is 5.13. The predicted octanol–water partition coefficient (Wildman–Crippen LogP) is 2.91. The Morgan fingerprint density at radius 2 is 1.78 bits per heavy atom. The SMILES string of the molecule is Cc1ccc(CN(C)C(=O)CNC(=O)c2ccc(C)c([N+](=O)[O-])c2)c(C)c1. The van der Waals surface area contributed by atoms with E-state index >= 15 is 0 Å². The Morgan fingerprint density at radius 1 is 1.07 bits per heavy atom. The molecule has 2 amide bonds. The molecule has 0 spiro atoms. The van der Waals surface area contributed by atoms with Crippen LogP contribution in [0.4, 0.5) is 5.69 Å². The number of likely N-dealkylation sites (N-methyl/N-ethyl adjacent to an activating group) is 1. The molecular weight excluding hydrogens is 346 g/mol. The van der Waals surface area contributed by atoms with Gasteiger partial charge in [0.2, 0.25) is 5.91 Å². The van der Waals surface area contributed by atoms with Gasteiger partial charge in [0.25, 0.3) is 11.6 Å². The van der Waals surface area contributed by atoms with E-state index in [9.17, 15) is 19.7 Å². The minimum absolute atomic E-state index is 0.124. The third-order valence-corrected chi connectivity index (χ3v) is 4.40. The molecule has 7 nitrogen and oxygen atoms in total. The summed E-state index contributed by atoms with van der Waals surface area (Å²) in [5.41, 5.74) is 3.80. The van der Waals surface area contributed by atoms with E-state index in [2.05, 4.69) is 11.4 Å². The van der Waals surface area contributed by atoms with Crippen molar-refractivity contribution in [3.8, 4) is 0 Å². The number of benzene rings is 2. The molecule has 0 fully saturated rings. The standard InChI is InChI=1S/C20H23N3O4/c1-13-5-7-17(15(3)9-13)12-22(4)19(24)11-21-20(25)16-8-6-14(2)18(10-16)23(26)27/h5-10H,11-12H2,1-4H3,(H,21,25). The Morgan fingerprint density at radius 3 is 2.41 bits per heavy atom. The molecule has 0 heterocycles. The Kier molecular flexibility index (Phi) is 6.28. The van der Waals surface area contributed by atoms with Crippen molar-refractivity contribution in [2.75, 3.05) is 13.6 Å². The van der Waals surface area contributed by atoms with Crippen LogP contribution in [0.5, 0.6) is 0 Å². The van der Waals surface area contributed by atoms with Gasteiger partial charge in [0.1, 0.15) is 0 Å². The molecular formula is C20H23N3O4. The lowest BCUT2D eigenvalue weighted by atomic mass is 10.1. The molecule has 2 rings (SSSR count). The predicted molar refractivity (Wildman–Crippen MR) is 103 cm³/mol. The molecule has 27 heavy (non-hydrogen) atoms. The number of hydrogen-bond donors (Lipinski definition) is 1. The molecule has 0 aliphatic rings. The molecule has 0 radical (unpaired) electrons. The number of aryl methyl sites for hydroxylation is 3. The highest BCUT2D eigenvalue weighted by atomic mass is 16.6. The number of carbonyl (C=O) groups excluding carboxylic acids is 2. The van der Waals surface area contributed by atoms with E-state index in [1.54, 1.807) is 14.0 Å². The Hall–Kier alpha value is -3.22. The molecule has 1 N–H and O–H groups in total. The number of nitrogens with zero attached hydrogens (tertiary/aromatic N) is 2. The fourth-order valence-corrected chi connectivity index (χ4v) is 2.71. The first-order valence-corrected chi connectivity index (χ1v) is 8.52. The van der Waals surface area contributed by atoms with E-state index in [0.717, 1.165) is 16.7 Å². The fraction of sp³-hybridized carbons (Fsp3) is 0.300. The minimum Gasteiger partial charge on any atom is -0.343 e. The van der Waals surface area contributed by atoms with Gasteiger partial charge >= 0.3 is 0 Å². The highest BCUT2D eigenvalue weighted by molar-refractivity contribution is 5.97. The van der Waals surface area contributed by atoms with Crippen molar-refractivity contribution in [2.24, 2.45) is 0 Å². The quantitative estimate of drug-likeness (QED) is 0.626. The lowest BCUT2D eigenvalue weighted by Gasteiger charge is -2.19. The molecule has 0 unspecified atom stereocenters. The van der Waals surface area contributed by atoms with Gasteiger partial charge < -0.3 is 10.2 Å². The first-order valence-electron chi connectivity index (χ1n) is 8.52. The summed E-state index contributed by atoms with van der Waals surface area (Å²) in [6.45, 7) is 5.87. The van der Waals surface area contributed by atoms with Crippen molar-refractivity contribution in [1.82, 2.24) is 10.2 Å². The molecule has 0 aromatic heterocycles. The zero-order valence-electron chi connectivity index (χ0n) is 15.9. The molecule has 2 aromatic rings. The van der Waals surface area contributed by atoms with Gasteiger partial charge in [-0.1, -0.05) is 29.8 Å². The summed E-state index contributed by atoms with van der Waals surface area (Å²) in [5, 5.41) is 13.5. The first-order chi connectivity index (χ1) is 12.7. The van der Waals surface area contributed by atoms with E-state index in [1.807, 2.05) is 26.0 Å². The lowest BCUT2D eigenvalue weighted by Crippen LogP contribution is -2.37. The van der Waals surface area contributed by atoms with Gasteiger partial charge in [-0.25, -0.2) is 0 Å². The number of nitrogens with one attached hydrogen (secondary N) is 1. The summed E-state index contributed by atoms with van der Waals surface area (Å²) >= 11 is 0. The summed E-state index contributed by atoms with van der Waals surface area (Å²) in [6, 6.07) is 10.3. The van der Waals surface area contributed by atoms with Crippen LogP contribution >= 0.6 is 0 Å². The second kappa shape index (κ2) is 8.44. The van der Waals surface area contributed by atoms with E-state index in [-0.39, 0.29) is 23.7 Å². The van der Waals surface area contributed by atoms with Crippen molar-refractivity contribution >= 4 is 17.5 Å². The number of hydrogen-bond acceptors (Lipinski definition) is 4. The zero-order valence-corrected chi connectivity index (χ0v) is 15.9. The maximum Gasteiger partial charge on any atom is 0.273 e. The van der Waals surface area contributed by atoms with E-state index in [4.69, 9.17) is 0 Å². The smallest absolute Gasteiger partial charge is 0.273 e. The summed E-state index contributed by atoms with van der Waals surface area (Å²) in [7, 11) is 1.67. The van der Waals surface area contributed by atoms with Crippen LogP contribution in [0.1, 0.15) is 32.6 Å². The second-order valence-corrected chi connectivity index (χ2v) is 6.62. The molecule has 142 valence electrons. The first kappa shape index (κ1) is 20.1. The van der Waals surface area contributed by atoms with Crippen LogP contribution in [-0.2, 0) is 11.3 Å². The summed E-state index contributed by atoms with van der Waals surface area (Å²) < 4.78 is 0. The van der Waals surface area contributed by atoms with Crippen molar-refractivity contribution in [1.29, 1.82) is 0 Å². The van der Waals surface area contributed by atoms with E-state index in [1.165, 1.54) is 23.1 Å². The normalized spacial score (nSPS) is 10.4. The van der Waals surface area contributed by atoms with Crippen molar-refractivity contribution in [2.45, 2.75) is 27.3 Å². The maximum absolute atomic E-state index is 12.3. The van der Waals surface area contributed by atoms with Crippen LogP contribution in [0.3, 0.4) is 0 Å². The van der Waals surface area contributed by atoms with Crippen molar-refractivity contribution in [3.63, 3.8) is 0 Å². The summed E-state index contributed by atoms with van der Waals surface area (Å²) in [6.07, 6.45) is 0. The molecule has 2 aromatic carbocycles. The average molecular weight is 369 g/mol. The van der Waals surface area contributed by atoms with Crippen LogP contribution in [0, 0.1) is 30.9 Å². The van der Waals surface area contributed by atoms with Gasteiger partial charge in [-0.3, -0.25) is 19.7 Å². The third-order valence-electron chi connectivity index (χ3n) is 4.40. The Balaban J connectivity index is 1.97. The van der Waals surface area contributed by atoms with Gasteiger partial charge in [0.05, 0.1) is 11.5 Å². The summed E-state index contributed by atoms with van der Waals surface area (Å²) in [4.78, 5) is 36.5. The fourth-order valence-electron chi connectivity index (χ4n) is 2.71. The number of rotatable bonds is 6. The van der Waals surface area contributed by atoms with Gasteiger partial charge in [0, 0.05) is 30.8 Å². The maximum atomic E-state index is 12.3. The second-order valence-electron chi connectivity index (χ2n) is 6.62. The lowest BCUT2D eigenvalue weighted by molar-refractivity contribution is -0.385. The van der Waals surface area contributed by atoms with Crippen LogP contribution in [0.2, 0.25) is 0 Å². The van der Waals surface area contributed by atoms with Crippen LogP contribution in [0.25, 0.3) is 0 Å². The Labute approximate surface area is 158 Å². The molecule has 0 saturated carbocycles. The van der Waals surface area contributed by atoms with Crippen LogP contribution in [0.15, 0.2) is 36.4 Å². The largest absolute Gasteiger partial charge is 0.343 e. The molecule has 0 bridgehead atoms. The molecule has 0 atom stereocenters. The van der Waals surface area contributed by atoms with E-state index < -0.39 is 10.8 Å². The van der Waals surface area contributed by atoms with Gasteiger partial charge in [-0.2, -0.15) is 0 Å². The topological polar surface area (TPSA) is 92.6 Å². The molecule has 7 heteroatoms.